The number of carbonyl (C=O) groups is 1. The first-order valence-electron chi connectivity index (χ1n) is 11.1. The van der Waals surface area contributed by atoms with Gasteiger partial charge in [0.05, 0.1) is 31.8 Å². The molecule has 0 unspecified atom stereocenters. The highest BCUT2D eigenvalue weighted by Gasteiger charge is 2.34. The van der Waals surface area contributed by atoms with Crippen LogP contribution in [0.2, 0.25) is 0 Å². The van der Waals surface area contributed by atoms with Gasteiger partial charge < -0.3 is 18.9 Å². The molecule has 1 aromatic heterocycles. The Balaban J connectivity index is 1.48. The third kappa shape index (κ3) is 7.01. The number of aromatic nitrogens is 2. The van der Waals surface area contributed by atoms with Crippen LogP contribution in [0.4, 0.5) is 17.6 Å². The van der Waals surface area contributed by atoms with Gasteiger partial charge >= 0.3 is 6.18 Å². The zero-order chi connectivity index (χ0) is 23.8. The fourth-order valence-corrected chi connectivity index (χ4v) is 3.97. The molecule has 2 aromatic rings. The van der Waals surface area contributed by atoms with E-state index in [1.807, 2.05) is 13.1 Å². The summed E-state index contributed by atoms with van der Waals surface area (Å²) in [6.45, 7) is 5.98. The second kappa shape index (κ2) is 11.6. The van der Waals surface area contributed by atoms with Crippen molar-refractivity contribution in [3.05, 3.63) is 53.4 Å². The topological polar surface area (TPSA) is 56.6 Å². The number of ether oxygens (including phenoxy) is 2. The van der Waals surface area contributed by atoms with Gasteiger partial charge in [-0.15, -0.1) is 0 Å². The molecule has 6 nitrogen and oxygen atoms in total. The van der Waals surface area contributed by atoms with Crippen molar-refractivity contribution in [3.8, 4) is 0 Å². The van der Waals surface area contributed by atoms with E-state index in [-0.39, 0.29) is 23.8 Å². The van der Waals surface area contributed by atoms with Gasteiger partial charge in [0.25, 0.3) is 0 Å². The number of benzene rings is 1. The molecule has 33 heavy (non-hydrogen) atoms. The van der Waals surface area contributed by atoms with Gasteiger partial charge in [0.1, 0.15) is 11.6 Å². The summed E-state index contributed by atoms with van der Waals surface area (Å²) in [7, 11) is 0. The highest BCUT2D eigenvalue weighted by atomic mass is 19.4. The average molecular weight is 471 g/mol. The number of carbonyl (C=O) groups excluding carboxylic acids is 1. The van der Waals surface area contributed by atoms with E-state index in [1.165, 1.54) is 0 Å². The monoisotopic (exact) mass is 471 g/mol. The van der Waals surface area contributed by atoms with Crippen LogP contribution in [0, 0.1) is 5.82 Å². The zero-order valence-electron chi connectivity index (χ0n) is 18.6. The second-order valence-electron chi connectivity index (χ2n) is 7.93. The Bertz CT molecular complexity index is 909. The summed E-state index contributed by atoms with van der Waals surface area (Å²) in [4.78, 5) is 18.8. The minimum atomic E-state index is -4.75. The van der Waals surface area contributed by atoms with E-state index >= 15 is 0 Å². The third-order valence-electron chi connectivity index (χ3n) is 5.71. The van der Waals surface area contributed by atoms with Gasteiger partial charge in [-0.3, -0.25) is 4.79 Å². The summed E-state index contributed by atoms with van der Waals surface area (Å²) in [5, 5.41) is 0. The number of alkyl halides is 3. The second-order valence-corrected chi connectivity index (χ2v) is 7.93. The molecule has 1 saturated heterocycles. The molecule has 0 spiro atoms. The highest BCUT2D eigenvalue weighted by molar-refractivity contribution is 5.78. The molecule has 1 fully saturated rings. The van der Waals surface area contributed by atoms with Crippen molar-refractivity contribution >= 4 is 5.91 Å². The van der Waals surface area contributed by atoms with Crippen LogP contribution in [0.1, 0.15) is 42.6 Å². The van der Waals surface area contributed by atoms with Crippen LogP contribution < -0.4 is 0 Å². The molecule has 0 aliphatic carbocycles. The lowest BCUT2D eigenvalue weighted by Crippen LogP contribution is -2.39. The molecule has 1 aliphatic heterocycles. The molecular weight excluding hydrogens is 442 g/mol. The number of rotatable bonds is 10. The van der Waals surface area contributed by atoms with E-state index in [4.69, 9.17) is 9.47 Å². The number of amides is 1. The summed E-state index contributed by atoms with van der Waals surface area (Å²) >= 11 is 0. The SMILES string of the molecule is CCOCCOCCn1ccnc1C1CCN(C(=O)Cc2ccc(C(F)(F)F)c(F)c2)CC1. The summed E-state index contributed by atoms with van der Waals surface area (Å²) in [6.07, 6.45) is 0.248. The Hall–Kier alpha value is -2.46. The first kappa shape index (κ1) is 25.2. The molecule has 0 saturated carbocycles. The van der Waals surface area contributed by atoms with E-state index in [0.717, 1.165) is 30.8 Å². The zero-order valence-corrected chi connectivity index (χ0v) is 18.6. The summed E-state index contributed by atoms with van der Waals surface area (Å²) < 4.78 is 64.8. The maximum Gasteiger partial charge on any atom is 0.419 e. The van der Waals surface area contributed by atoms with E-state index in [2.05, 4.69) is 9.55 Å². The predicted octanol–water partition coefficient (Wildman–Crippen LogP) is 4.04. The molecular formula is C23H29F4N3O3. The minimum Gasteiger partial charge on any atom is -0.379 e. The quantitative estimate of drug-likeness (QED) is 0.388. The van der Waals surface area contributed by atoms with Crippen LogP contribution in [0.5, 0.6) is 0 Å². The first-order valence-corrected chi connectivity index (χ1v) is 11.1. The molecule has 1 aromatic carbocycles. The third-order valence-corrected chi connectivity index (χ3v) is 5.71. The van der Waals surface area contributed by atoms with E-state index in [9.17, 15) is 22.4 Å². The van der Waals surface area contributed by atoms with Crippen molar-refractivity contribution in [1.82, 2.24) is 14.5 Å². The summed E-state index contributed by atoms with van der Waals surface area (Å²) in [5.74, 6) is -0.421. The molecule has 1 amide bonds. The lowest BCUT2D eigenvalue weighted by molar-refractivity contribution is -0.140. The highest BCUT2D eigenvalue weighted by Crippen LogP contribution is 2.32. The minimum absolute atomic E-state index is 0.132. The van der Waals surface area contributed by atoms with Crippen LogP contribution in [-0.4, -0.2) is 59.9 Å². The Labute approximate surface area is 190 Å². The lowest BCUT2D eigenvalue weighted by atomic mass is 9.95. The van der Waals surface area contributed by atoms with Crippen molar-refractivity contribution in [2.45, 2.75) is 44.8 Å². The van der Waals surface area contributed by atoms with E-state index in [0.29, 0.717) is 52.1 Å². The number of hydrogen-bond donors (Lipinski definition) is 0. The van der Waals surface area contributed by atoms with Crippen LogP contribution in [0.25, 0.3) is 0 Å². The summed E-state index contributed by atoms with van der Waals surface area (Å²) in [6, 6.07) is 2.63. The van der Waals surface area contributed by atoms with Crippen molar-refractivity contribution < 1.29 is 31.8 Å². The number of imidazole rings is 1. The summed E-state index contributed by atoms with van der Waals surface area (Å²) in [5.41, 5.74) is -1.10. The van der Waals surface area contributed by atoms with Crippen molar-refractivity contribution in [1.29, 1.82) is 0 Å². The number of likely N-dealkylation sites (tertiary alicyclic amines) is 1. The van der Waals surface area contributed by atoms with Crippen LogP contribution in [0.15, 0.2) is 30.6 Å². The van der Waals surface area contributed by atoms with Gasteiger partial charge in [0, 0.05) is 44.6 Å². The van der Waals surface area contributed by atoms with Crippen molar-refractivity contribution in [2.24, 2.45) is 0 Å². The maximum absolute atomic E-state index is 13.8. The fraction of sp³-hybridized carbons (Fsp3) is 0.565. The van der Waals surface area contributed by atoms with Crippen molar-refractivity contribution in [3.63, 3.8) is 0 Å². The molecule has 0 N–H and O–H groups in total. The van der Waals surface area contributed by atoms with Crippen LogP contribution in [0.3, 0.4) is 0 Å². The standard InChI is InChI=1S/C23H29F4N3O3/c1-2-32-13-14-33-12-11-30-10-7-28-22(30)18-5-8-29(9-6-18)21(31)16-17-3-4-19(20(24)15-17)23(25,26)27/h3-4,7,10,15,18H,2,5-6,8-9,11-14,16H2,1H3. The fourth-order valence-electron chi connectivity index (χ4n) is 3.97. The predicted molar refractivity (Wildman–Crippen MR) is 113 cm³/mol. The molecule has 2 heterocycles. The largest absolute Gasteiger partial charge is 0.419 e. The molecule has 0 radical (unpaired) electrons. The Kier molecular flexibility index (Phi) is 8.85. The molecule has 3 rings (SSSR count). The average Bonchev–Trinajstić information content (AvgIpc) is 3.24. The Morgan fingerprint density at radius 3 is 2.55 bits per heavy atom. The molecule has 0 atom stereocenters. The number of piperidine rings is 1. The maximum atomic E-state index is 13.8. The van der Waals surface area contributed by atoms with Gasteiger partial charge in [-0.05, 0) is 37.5 Å². The van der Waals surface area contributed by atoms with Gasteiger partial charge in [0.2, 0.25) is 5.91 Å². The molecule has 1 aliphatic rings. The number of hydrogen-bond acceptors (Lipinski definition) is 4. The Morgan fingerprint density at radius 1 is 1.15 bits per heavy atom. The number of halogens is 4. The normalized spacial score (nSPS) is 15.2. The van der Waals surface area contributed by atoms with Crippen molar-refractivity contribution in [2.75, 3.05) is 39.5 Å². The molecule has 0 bridgehead atoms. The van der Waals surface area contributed by atoms with Gasteiger partial charge in [-0.25, -0.2) is 9.37 Å². The molecule has 10 heteroatoms. The van der Waals surface area contributed by atoms with E-state index in [1.54, 1.807) is 11.1 Å². The Morgan fingerprint density at radius 2 is 1.88 bits per heavy atom. The number of nitrogens with zero attached hydrogens (tertiary/aromatic N) is 3. The molecule has 182 valence electrons. The van der Waals surface area contributed by atoms with Crippen LogP contribution in [-0.2, 0) is 33.4 Å². The smallest absolute Gasteiger partial charge is 0.379 e. The van der Waals surface area contributed by atoms with Gasteiger partial charge in [-0.1, -0.05) is 6.07 Å². The van der Waals surface area contributed by atoms with Gasteiger partial charge in [-0.2, -0.15) is 13.2 Å². The van der Waals surface area contributed by atoms with Gasteiger partial charge in [0.15, 0.2) is 0 Å². The van der Waals surface area contributed by atoms with Crippen LogP contribution >= 0.6 is 0 Å². The first-order chi connectivity index (χ1) is 15.8. The van der Waals surface area contributed by atoms with E-state index < -0.39 is 17.6 Å². The lowest BCUT2D eigenvalue weighted by Gasteiger charge is -2.32.